The third-order valence-corrected chi connectivity index (χ3v) is 3.41. The SMILES string of the molecule is CC[NH+](CC(=O)Nc1ccc(OC)cc1)Cc1nc(N)nc(N)n1. The largest absolute Gasteiger partial charge is 0.497 e. The maximum atomic E-state index is 12.2. The normalized spacial score (nSPS) is 11.8. The molecule has 1 unspecified atom stereocenters. The minimum absolute atomic E-state index is 0.0793. The summed E-state index contributed by atoms with van der Waals surface area (Å²) in [5.41, 5.74) is 11.8. The molecule has 0 fully saturated rings. The van der Waals surface area contributed by atoms with Crippen LogP contribution < -0.4 is 26.4 Å². The monoisotopic (exact) mass is 332 g/mol. The van der Waals surface area contributed by atoms with Gasteiger partial charge in [0.2, 0.25) is 11.9 Å². The molecule has 0 aliphatic heterocycles. The highest BCUT2D eigenvalue weighted by Crippen LogP contribution is 2.14. The van der Waals surface area contributed by atoms with E-state index in [0.717, 1.165) is 17.2 Å². The molecule has 0 saturated heterocycles. The summed E-state index contributed by atoms with van der Waals surface area (Å²) < 4.78 is 5.09. The molecule has 0 saturated carbocycles. The van der Waals surface area contributed by atoms with E-state index in [1.165, 1.54) is 0 Å². The Kier molecular flexibility index (Phi) is 5.85. The van der Waals surface area contributed by atoms with Gasteiger partial charge in [0.05, 0.1) is 13.7 Å². The number of carbonyl (C=O) groups excluding carboxylic acids is 1. The first kappa shape index (κ1) is 17.4. The van der Waals surface area contributed by atoms with Crippen molar-refractivity contribution in [2.45, 2.75) is 13.5 Å². The number of amides is 1. The number of likely N-dealkylation sites (N-methyl/N-ethyl adjacent to an activating group) is 1. The van der Waals surface area contributed by atoms with E-state index in [1.807, 2.05) is 6.92 Å². The minimum atomic E-state index is -0.105. The van der Waals surface area contributed by atoms with Crippen LogP contribution in [-0.4, -0.2) is 41.1 Å². The van der Waals surface area contributed by atoms with Gasteiger partial charge in [-0.3, -0.25) is 4.79 Å². The summed E-state index contributed by atoms with van der Waals surface area (Å²) in [6.45, 7) is 3.41. The predicted molar refractivity (Wildman–Crippen MR) is 90.4 cm³/mol. The van der Waals surface area contributed by atoms with Gasteiger partial charge in [-0.25, -0.2) is 0 Å². The molecule has 9 heteroatoms. The number of ether oxygens (including phenoxy) is 1. The average molecular weight is 332 g/mol. The zero-order valence-corrected chi connectivity index (χ0v) is 13.7. The molecule has 1 aromatic carbocycles. The van der Waals surface area contributed by atoms with Crippen LogP contribution in [0.1, 0.15) is 12.7 Å². The fourth-order valence-corrected chi connectivity index (χ4v) is 2.18. The first-order chi connectivity index (χ1) is 11.5. The summed E-state index contributed by atoms with van der Waals surface area (Å²) in [5, 5.41) is 2.85. The third-order valence-electron chi connectivity index (χ3n) is 3.41. The number of nitrogens with zero attached hydrogens (tertiary/aromatic N) is 3. The standard InChI is InChI=1S/C15H21N7O2/c1-3-22(8-12-19-14(16)21-15(17)20-12)9-13(23)18-10-4-6-11(24-2)7-5-10/h4-7H,3,8-9H2,1-2H3,(H,18,23)(H4,16,17,19,20,21)/p+1. The molecular formula is C15H22N7O2+. The lowest BCUT2D eigenvalue weighted by molar-refractivity contribution is -0.904. The van der Waals surface area contributed by atoms with Crippen LogP contribution in [0.4, 0.5) is 17.6 Å². The molecule has 1 atom stereocenters. The molecule has 24 heavy (non-hydrogen) atoms. The molecule has 0 spiro atoms. The summed E-state index contributed by atoms with van der Waals surface area (Å²) in [6, 6.07) is 7.15. The molecule has 2 aromatic rings. The van der Waals surface area contributed by atoms with Crippen LogP contribution in [0.3, 0.4) is 0 Å². The van der Waals surface area contributed by atoms with E-state index in [9.17, 15) is 4.79 Å². The maximum absolute atomic E-state index is 12.2. The van der Waals surface area contributed by atoms with Crippen LogP contribution >= 0.6 is 0 Å². The van der Waals surface area contributed by atoms with Gasteiger partial charge in [0.1, 0.15) is 12.3 Å². The van der Waals surface area contributed by atoms with E-state index >= 15 is 0 Å². The molecular weight excluding hydrogens is 310 g/mol. The van der Waals surface area contributed by atoms with Gasteiger partial charge in [0.15, 0.2) is 12.4 Å². The number of aromatic nitrogens is 3. The van der Waals surface area contributed by atoms with Crippen molar-refractivity contribution in [3.05, 3.63) is 30.1 Å². The number of hydrogen-bond acceptors (Lipinski definition) is 7. The second-order valence-corrected chi connectivity index (χ2v) is 5.20. The fourth-order valence-electron chi connectivity index (χ4n) is 2.18. The first-order valence-corrected chi connectivity index (χ1v) is 7.53. The Hall–Kier alpha value is -2.94. The second-order valence-electron chi connectivity index (χ2n) is 5.20. The number of anilines is 3. The number of rotatable bonds is 7. The molecule has 1 aromatic heterocycles. The molecule has 0 aliphatic rings. The Balaban J connectivity index is 1.94. The van der Waals surface area contributed by atoms with Gasteiger partial charge >= 0.3 is 0 Å². The van der Waals surface area contributed by atoms with E-state index < -0.39 is 0 Å². The predicted octanol–water partition coefficient (Wildman–Crippen LogP) is -0.912. The van der Waals surface area contributed by atoms with Crippen molar-refractivity contribution in [2.24, 2.45) is 0 Å². The Morgan fingerprint density at radius 2 is 1.79 bits per heavy atom. The quantitative estimate of drug-likeness (QED) is 0.515. The molecule has 9 nitrogen and oxygen atoms in total. The Bertz CT molecular complexity index is 670. The van der Waals surface area contributed by atoms with Crippen molar-refractivity contribution in [3.63, 3.8) is 0 Å². The van der Waals surface area contributed by atoms with Gasteiger partial charge < -0.3 is 26.4 Å². The highest BCUT2D eigenvalue weighted by Gasteiger charge is 2.16. The number of nitrogens with two attached hydrogens (primary N) is 2. The Morgan fingerprint density at radius 1 is 1.17 bits per heavy atom. The van der Waals surface area contributed by atoms with Crippen LogP contribution in [-0.2, 0) is 11.3 Å². The number of quaternary nitrogens is 1. The van der Waals surface area contributed by atoms with Crippen molar-refractivity contribution in [1.82, 2.24) is 15.0 Å². The summed E-state index contributed by atoms with van der Waals surface area (Å²) >= 11 is 0. The molecule has 6 N–H and O–H groups in total. The van der Waals surface area contributed by atoms with Gasteiger partial charge in [-0.15, -0.1) is 0 Å². The van der Waals surface area contributed by atoms with Gasteiger partial charge in [-0.05, 0) is 31.2 Å². The minimum Gasteiger partial charge on any atom is -0.497 e. The molecule has 128 valence electrons. The Morgan fingerprint density at radius 3 is 2.33 bits per heavy atom. The van der Waals surface area contributed by atoms with E-state index in [0.29, 0.717) is 18.1 Å². The summed E-state index contributed by atoms with van der Waals surface area (Å²) in [5.74, 6) is 1.26. The van der Waals surface area contributed by atoms with Gasteiger partial charge in [0.25, 0.3) is 5.91 Å². The highest BCUT2D eigenvalue weighted by molar-refractivity contribution is 5.91. The topological polar surface area (TPSA) is 133 Å². The maximum Gasteiger partial charge on any atom is 0.279 e. The second kappa shape index (κ2) is 8.06. The van der Waals surface area contributed by atoms with E-state index in [2.05, 4.69) is 20.3 Å². The first-order valence-electron chi connectivity index (χ1n) is 7.53. The summed E-state index contributed by atoms with van der Waals surface area (Å²) in [4.78, 5) is 25.0. The van der Waals surface area contributed by atoms with Gasteiger partial charge in [0, 0.05) is 5.69 Å². The van der Waals surface area contributed by atoms with Crippen LogP contribution in [0.2, 0.25) is 0 Å². The molecule has 0 aliphatic carbocycles. The number of nitrogens with one attached hydrogen (secondary N) is 2. The highest BCUT2D eigenvalue weighted by atomic mass is 16.5. The van der Waals surface area contributed by atoms with Crippen molar-refractivity contribution in [3.8, 4) is 5.75 Å². The zero-order chi connectivity index (χ0) is 17.5. The molecule has 1 heterocycles. The number of methoxy groups -OCH3 is 1. The number of carbonyl (C=O) groups is 1. The van der Waals surface area contributed by atoms with E-state index in [1.54, 1.807) is 31.4 Å². The smallest absolute Gasteiger partial charge is 0.279 e. The van der Waals surface area contributed by atoms with E-state index in [4.69, 9.17) is 16.2 Å². The van der Waals surface area contributed by atoms with E-state index in [-0.39, 0.29) is 24.3 Å². The Labute approximate surface area is 140 Å². The van der Waals surface area contributed by atoms with Crippen LogP contribution in [0.25, 0.3) is 0 Å². The third kappa shape index (κ3) is 5.06. The van der Waals surface area contributed by atoms with Crippen molar-refractivity contribution < 1.29 is 14.4 Å². The number of benzene rings is 1. The molecule has 1 amide bonds. The lowest BCUT2D eigenvalue weighted by Crippen LogP contribution is -3.11. The molecule has 0 bridgehead atoms. The van der Waals surface area contributed by atoms with Crippen LogP contribution in [0.15, 0.2) is 24.3 Å². The lowest BCUT2D eigenvalue weighted by Gasteiger charge is -2.16. The molecule has 2 rings (SSSR count). The van der Waals surface area contributed by atoms with Crippen molar-refractivity contribution in [1.29, 1.82) is 0 Å². The summed E-state index contributed by atoms with van der Waals surface area (Å²) in [7, 11) is 1.59. The lowest BCUT2D eigenvalue weighted by atomic mass is 10.3. The number of nitrogen functional groups attached to an aromatic ring is 2. The average Bonchev–Trinajstić information content (AvgIpc) is 2.54. The van der Waals surface area contributed by atoms with Gasteiger partial charge in [-0.1, -0.05) is 0 Å². The zero-order valence-electron chi connectivity index (χ0n) is 13.7. The van der Waals surface area contributed by atoms with Crippen molar-refractivity contribution in [2.75, 3.05) is 37.0 Å². The summed E-state index contributed by atoms with van der Waals surface area (Å²) in [6.07, 6.45) is 0. The van der Waals surface area contributed by atoms with Crippen LogP contribution in [0, 0.1) is 0 Å². The fraction of sp³-hybridized carbons (Fsp3) is 0.333. The molecule has 0 radical (unpaired) electrons. The van der Waals surface area contributed by atoms with Crippen LogP contribution in [0.5, 0.6) is 5.75 Å². The van der Waals surface area contributed by atoms with Gasteiger partial charge in [-0.2, -0.15) is 15.0 Å². The van der Waals surface area contributed by atoms with Crippen molar-refractivity contribution >= 4 is 23.5 Å². The number of hydrogen-bond donors (Lipinski definition) is 4.